The molecule has 0 heterocycles. The first-order valence-corrected chi connectivity index (χ1v) is 5.77. The molecule has 0 atom stereocenters. The lowest BCUT2D eigenvalue weighted by molar-refractivity contribution is -0.134. The molecule has 0 aliphatic heterocycles. The summed E-state index contributed by atoms with van der Waals surface area (Å²) in [5.41, 5.74) is -0.366. The van der Waals surface area contributed by atoms with E-state index in [4.69, 9.17) is 14.6 Å². The summed E-state index contributed by atoms with van der Waals surface area (Å²) in [7, 11) is 0. The number of aromatic carboxylic acids is 1. The number of ether oxygens (including phenoxy) is 2. The van der Waals surface area contributed by atoms with E-state index in [1.165, 1.54) is 13.0 Å². The Labute approximate surface area is 119 Å². The fourth-order valence-electron chi connectivity index (χ4n) is 1.51. The van der Waals surface area contributed by atoms with Gasteiger partial charge in [0, 0.05) is 20.8 Å². The zero-order valence-electron chi connectivity index (χ0n) is 11.6. The van der Waals surface area contributed by atoms with Gasteiger partial charge in [0.05, 0.1) is 5.69 Å². The molecule has 0 bridgehead atoms. The fraction of sp³-hybridized carbons (Fsp3) is 0.231. The average Bonchev–Trinajstić information content (AvgIpc) is 2.31. The smallest absolute Gasteiger partial charge is 0.339 e. The summed E-state index contributed by atoms with van der Waals surface area (Å²) < 4.78 is 9.69. The molecule has 112 valence electrons. The highest BCUT2D eigenvalue weighted by Gasteiger charge is 2.23. The van der Waals surface area contributed by atoms with Crippen LogP contribution in [0, 0.1) is 0 Å². The van der Waals surface area contributed by atoms with Crippen molar-refractivity contribution in [1.29, 1.82) is 0 Å². The maximum absolute atomic E-state index is 11.2. The van der Waals surface area contributed by atoms with Gasteiger partial charge in [-0.3, -0.25) is 14.4 Å². The van der Waals surface area contributed by atoms with Crippen molar-refractivity contribution in [3.8, 4) is 11.5 Å². The summed E-state index contributed by atoms with van der Waals surface area (Å²) >= 11 is 0. The molecule has 21 heavy (non-hydrogen) atoms. The van der Waals surface area contributed by atoms with Gasteiger partial charge in [-0.1, -0.05) is 0 Å². The number of esters is 2. The lowest BCUT2D eigenvalue weighted by Crippen LogP contribution is -2.15. The maximum Gasteiger partial charge on any atom is 0.339 e. The molecule has 8 heteroatoms. The molecule has 8 nitrogen and oxygen atoms in total. The van der Waals surface area contributed by atoms with Crippen molar-refractivity contribution in [1.82, 2.24) is 0 Å². The number of hydrogen-bond donors (Lipinski definition) is 2. The summed E-state index contributed by atoms with van der Waals surface area (Å²) in [6.45, 7) is 3.37. The molecule has 0 radical (unpaired) electrons. The van der Waals surface area contributed by atoms with Crippen molar-refractivity contribution in [3.05, 3.63) is 17.7 Å². The van der Waals surface area contributed by atoms with Gasteiger partial charge in [0.15, 0.2) is 11.5 Å². The summed E-state index contributed by atoms with van der Waals surface area (Å²) in [6, 6.07) is 2.36. The Morgan fingerprint density at radius 2 is 1.48 bits per heavy atom. The molecule has 0 saturated carbocycles. The average molecular weight is 295 g/mol. The summed E-state index contributed by atoms with van der Waals surface area (Å²) in [4.78, 5) is 44.5. The van der Waals surface area contributed by atoms with E-state index in [0.29, 0.717) is 0 Å². The van der Waals surface area contributed by atoms with Crippen LogP contribution >= 0.6 is 0 Å². The van der Waals surface area contributed by atoms with Crippen LogP contribution in [-0.4, -0.2) is 28.9 Å². The second kappa shape index (κ2) is 6.51. The number of carboxylic acid groups (broad SMARTS) is 1. The number of anilines is 1. The third kappa shape index (κ3) is 4.30. The van der Waals surface area contributed by atoms with E-state index < -0.39 is 29.6 Å². The second-order valence-electron chi connectivity index (χ2n) is 3.99. The molecular weight excluding hydrogens is 282 g/mol. The van der Waals surface area contributed by atoms with Gasteiger partial charge in [-0.05, 0) is 12.1 Å². The van der Waals surface area contributed by atoms with Crippen LogP contribution in [0.1, 0.15) is 31.1 Å². The van der Waals surface area contributed by atoms with Crippen LogP contribution in [0.2, 0.25) is 0 Å². The molecule has 1 aromatic rings. The second-order valence-corrected chi connectivity index (χ2v) is 3.99. The molecule has 1 amide bonds. The molecule has 1 rings (SSSR count). The van der Waals surface area contributed by atoms with Crippen molar-refractivity contribution >= 4 is 29.5 Å². The van der Waals surface area contributed by atoms with Gasteiger partial charge in [-0.2, -0.15) is 0 Å². The first kappa shape index (κ1) is 16.2. The van der Waals surface area contributed by atoms with E-state index in [1.807, 2.05) is 0 Å². The van der Waals surface area contributed by atoms with E-state index in [1.54, 1.807) is 0 Å². The molecule has 0 aromatic heterocycles. The number of rotatable bonds is 4. The number of carbonyl (C=O) groups is 4. The predicted octanol–water partition coefficient (Wildman–Crippen LogP) is 1.19. The van der Waals surface area contributed by atoms with E-state index >= 15 is 0 Å². The third-order valence-corrected chi connectivity index (χ3v) is 2.14. The molecule has 0 spiro atoms. The van der Waals surface area contributed by atoms with Gasteiger partial charge in [-0.25, -0.2) is 4.79 Å². The molecule has 0 fully saturated rings. The maximum atomic E-state index is 11.2. The van der Waals surface area contributed by atoms with E-state index in [9.17, 15) is 19.2 Å². The standard InChI is InChI=1S/C13H13NO7/c1-6(15)14-10-5-4-9(13(18)19)11(20-7(2)16)12(10)21-8(3)17/h4-5H,1-3H3,(H,14,15)(H,18,19). The minimum absolute atomic E-state index is 0.0129. The van der Waals surface area contributed by atoms with Crippen LogP contribution < -0.4 is 14.8 Å². The minimum Gasteiger partial charge on any atom is -0.478 e. The normalized spacial score (nSPS) is 9.67. The Bertz CT molecular complexity index is 621. The molecule has 2 N–H and O–H groups in total. The molecule has 0 aliphatic carbocycles. The summed E-state index contributed by atoms with van der Waals surface area (Å²) in [6.07, 6.45) is 0. The molecule has 0 aliphatic rings. The Morgan fingerprint density at radius 1 is 0.952 bits per heavy atom. The lowest BCUT2D eigenvalue weighted by Gasteiger charge is -2.15. The predicted molar refractivity (Wildman–Crippen MR) is 70.3 cm³/mol. The number of benzene rings is 1. The highest BCUT2D eigenvalue weighted by Crippen LogP contribution is 2.39. The van der Waals surface area contributed by atoms with E-state index in [-0.39, 0.29) is 17.0 Å². The van der Waals surface area contributed by atoms with Crippen LogP contribution in [0.4, 0.5) is 5.69 Å². The zero-order valence-corrected chi connectivity index (χ0v) is 11.6. The van der Waals surface area contributed by atoms with E-state index in [0.717, 1.165) is 19.9 Å². The number of hydrogen-bond acceptors (Lipinski definition) is 6. The van der Waals surface area contributed by atoms with Crippen LogP contribution in [0.5, 0.6) is 11.5 Å². The minimum atomic E-state index is -1.38. The van der Waals surface area contributed by atoms with Crippen molar-refractivity contribution in [2.45, 2.75) is 20.8 Å². The monoisotopic (exact) mass is 295 g/mol. The van der Waals surface area contributed by atoms with Crippen molar-refractivity contribution in [2.24, 2.45) is 0 Å². The topological polar surface area (TPSA) is 119 Å². The Morgan fingerprint density at radius 3 is 1.90 bits per heavy atom. The Hall–Kier alpha value is -2.90. The first-order valence-electron chi connectivity index (χ1n) is 5.77. The van der Waals surface area contributed by atoms with Crippen LogP contribution in [0.15, 0.2) is 12.1 Å². The van der Waals surface area contributed by atoms with Gasteiger partial charge in [-0.15, -0.1) is 0 Å². The third-order valence-electron chi connectivity index (χ3n) is 2.14. The first-order chi connectivity index (χ1) is 9.72. The Kier molecular flexibility index (Phi) is 5.01. The number of nitrogens with one attached hydrogen (secondary N) is 1. The van der Waals surface area contributed by atoms with Gasteiger partial charge in [0.1, 0.15) is 5.56 Å². The molecule has 0 saturated heterocycles. The van der Waals surface area contributed by atoms with Gasteiger partial charge >= 0.3 is 17.9 Å². The van der Waals surface area contributed by atoms with Crippen LogP contribution in [0.25, 0.3) is 0 Å². The fourth-order valence-corrected chi connectivity index (χ4v) is 1.51. The number of amides is 1. The molecule has 0 unspecified atom stereocenters. The zero-order chi connectivity index (χ0) is 16.2. The largest absolute Gasteiger partial charge is 0.478 e. The summed E-state index contributed by atoms with van der Waals surface area (Å²) in [5, 5.41) is 11.4. The van der Waals surface area contributed by atoms with Crippen molar-refractivity contribution < 1.29 is 33.8 Å². The lowest BCUT2D eigenvalue weighted by atomic mass is 10.1. The number of carbonyl (C=O) groups excluding carboxylic acids is 3. The molecular formula is C13H13NO7. The van der Waals surface area contributed by atoms with Crippen LogP contribution in [-0.2, 0) is 14.4 Å². The Balaban J connectivity index is 3.54. The van der Waals surface area contributed by atoms with Crippen LogP contribution in [0.3, 0.4) is 0 Å². The SMILES string of the molecule is CC(=O)Nc1ccc(C(=O)O)c(OC(C)=O)c1OC(C)=O. The van der Waals surface area contributed by atoms with E-state index in [2.05, 4.69) is 5.32 Å². The quantitative estimate of drug-likeness (QED) is 0.632. The van der Waals surface area contributed by atoms with Gasteiger partial charge in [0.2, 0.25) is 5.91 Å². The summed E-state index contributed by atoms with van der Waals surface area (Å²) in [5.74, 6) is -4.21. The van der Waals surface area contributed by atoms with Gasteiger partial charge < -0.3 is 19.9 Å². The highest BCUT2D eigenvalue weighted by molar-refractivity contribution is 5.98. The molecule has 1 aromatic carbocycles. The van der Waals surface area contributed by atoms with Gasteiger partial charge in [0.25, 0.3) is 0 Å². The highest BCUT2D eigenvalue weighted by atomic mass is 16.6. The van der Waals surface area contributed by atoms with Crippen molar-refractivity contribution in [3.63, 3.8) is 0 Å². The number of carboxylic acids is 1. The van der Waals surface area contributed by atoms with Crippen molar-refractivity contribution in [2.75, 3.05) is 5.32 Å².